The van der Waals surface area contributed by atoms with E-state index in [1.54, 1.807) is 6.08 Å². The van der Waals surface area contributed by atoms with Crippen LogP contribution in [0.4, 0.5) is 0 Å². The van der Waals surface area contributed by atoms with Gasteiger partial charge in [-0.2, -0.15) is 0 Å². The van der Waals surface area contributed by atoms with Crippen molar-refractivity contribution in [3.8, 4) is 0 Å². The van der Waals surface area contributed by atoms with Gasteiger partial charge in [-0.3, -0.25) is 0 Å². The van der Waals surface area contributed by atoms with E-state index in [1.165, 1.54) is 0 Å². The van der Waals surface area contributed by atoms with E-state index in [0.717, 1.165) is 18.1 Å². The lowest BCUT2D eigenvalue weighted by Gasteiger charge is -2.34. The van der Waals surface area contributed by atoms with Crippen LogP contribution in [0.25, 0.3) is 0 Å². The van der Waals surface area contributed by atoms with E-state index in [0.29, 0.717) is 0 Å². The third kappa shape index (κ3) is 4.09. The molecule has 0 rings (SSSR count). The molecule has 0 aromatic heterocycles. The van der Waals surface area contributed by atoms with Gasteiger partial charge in [0.05, 0.1) is 12.7 Å². The van der Waals surface area contributed by atoms with Gasteiger partial charge in [0.25, 0.3) is 0 Å². The number of rotatable bonds is 8. The summed E-state index contributed by atoms with van der Waals surface area (Å²) < 4.78 is 6.24. The summed E-state index contributed by atoms with van der Waals surface area (Å²) in [7, 11) is -1.53. The lowest BCUT2D eigenvalue weighted by Crippen LogP contribution is -2.41. The van der Waals surface area contributed by atoms with Crippen LogP contribution in [0.5, 0.6) is 0 Å². The highest BCUT2D eigenvalue weighted by atomic mass is 28.4. The van der Waals surface area contributed by atoms with Crippen molar-refractivity contribution < 1.29 is 9.53 Å². The maximum Gasteiger partial charge on any atom is 0.192 e. The van der Waals surface area contributed by atoms with E-state index >= 15 is 0 Å². The van der Waals surface area contributed by atoms with E-state index in [9.17, 15) is 5.11 Å². The summed E-state index contributed by atoms with van der Waals surface area (Å²) in [5, 5.41) is 9.18. The highest BCUT2D eigenvalue weighted by Crippen LogP contribution is 2.25. The molecule has 0 aromatic rings. The van der Waals surface area contributed by atoms with Crippen molar-refractivity contribution in [3.63, 3.8) is 0 Å². The number of aliphatic hydroxyl groups is 1. The van der Waals surface area contributed by atoms with Crippen molar-refractivity contribution in [3.05, 3.63) is 12.7 Å². The Bertz CT molecular complexity index is 170. The van der Waals surface area contributed by atoms with Gasteiger partial charge in [0.2, 0.25) is 0 Å². The fraction of sp³-hybridized carbons (Fsp3) is 0.833. The van der Waals surface area contributed by atoms with Crippen molar-refractivity contribution >= 4 is 8.32 Å². The minimum absolute atomic E-state index is 0.0709. The maximum atomic E-state index is 9.18. The molecule has 1 N–H and O–H groups in total. The molecule has 3 heteroatoms. The molecule has 0 saturated carbocycles. The van der Waals surface area contributed by atoms with Crippen LogP contribution in [0.2, 0.25) is 18.1 Å². The number of hydrogen-bond acceptors (Lipinski definition) is 2. The van der Waals surface area contributed by atoms with Crippen LogP contribution >= 0.6 is 0 Å². The van der Waals surface area contributed by atoms with E-state index in [2.05, 4.69) is 27.4 Å². The molecule has 0 aromatic carbocycles. The second kappa shape index (κ2) is 7.20. The van der Waals surface area contributed by atoms with Crippen LogP contribution in [-0.4, -0.2) is 26.1 Å². The Morgan fingerprint density at radius 2 is 1.73 bits per heavy atom. The largest absolute Gasteiger partial charge is 0.414 e. The average Bonchev–Trinajstić information content (AvgIpc) is 2.28. The minimum atomic E-state index is -1.53. The zero-order chi connectivity index (χ0) is 11.9. The van der Waals surface area contributed by atoms with Crippen LogP contribution in [0.1, 0.15) is 27.7 Å². The van der Waals surface area contributed by atoms with Gasteiger partial charge in [-0.1, -0.05) is 26.8 Å². The fourth-order valence-electron chi connectivity index (χ4n) is 1.90. The molecule has 0 aliphatic heterocycles. The Balaban J connectivity index is 4.45. The van der Waals surface area contributed by atoms with Gasteiger partial charge >= 0.3 is 0 Å². The first kappa shape index (κ1) is 14.9. The van der Waals surface area contributed by atoms with Crippen LogP contribution in [0.15, 0.2) is 12.7 Å². The molecule has 0 fully saturated rings. The fourth-order valence-corrected chi connectivity index (χ4v) is 4.86. The van der Waals surface area contributed by atoms with Gasteiger partial charge in [-0.15, -0.1) is 6.58 Å². The molecular formula is C12H26O2Si. The Morgan fingerprint density at radius 3 is 2.00 bits per heavy atom. The molecule has 0 aliphatic carbocycles. The van der Waals surface area contributed by atoms with Gasteiger partial charge in [0, 0.05) is 5.92 Å². The van der Waals surface area contributed by atoms with E-state index < -0.39 is 8.32 Å². The van der Waals surface area contributed by atoms with Gasteiger partial charge < -0.3 is 9.53 Å². The third-order valence-corrected chi connectivity index (χ3v) is 8.22. The lowest BCUT2D eigenvalue weighted by molar-refractivity contribution is 0.116. The summed E-state index contributed by atoms with van der Waals surface area (Å²) in [6, 6.07) is 3.46. The molecule has 0 bridgehead atoms. The topological polar surface area (TPSA) is 29.5 Å². The molecule has 2 atom stereocenters. The zero-order valence-electron chi connectivity index (χ0n) is 10.6. The third-order valence-electron chi connectivity index (χ3n) is 3.49. The zero-order valence-corrected chi connectivity index (χ0v) is 11.6. The predicted molar refractivity (Wildman–Crippen MR) is 68.5 cm³/mol. The second-order valence-corrected chi connectivity index (χ2v) is 8.87. The minimum Gasteiger partial charge on any atom is -0.414 e. The van der Waals surface area contributed by atoms with Crippen molar-refractivity contribution in [1.29, 1.82) is 0 Å². The normalized spacial score (nSPS) is 16.1. The highest BCUT2D eigenvalue weighted by molar-refractivity contribution is 6.73. The molecule has 0 saturated heterocycles. The SMILES string of the molecule is C=C[C@H](CO)[C@@H](C)O[Si](CC)(CC)CC. The molecule has 0 radical (unpaired) electrons. The van der Waals surface area contributed by atoms with E-state index in [4.69, 9.17) is 4.43 Å². The summed E-state index contributed by atoms with van der Waals surface area (Å²) in [4.78, 5) is 0. The van der Waals surface area contributed by atoms with Crippen LogP contribution in [-0.2, 0) is 4.43 Å². The summed E-state index contributed by atoms with van der Waals surface area (Å²) >= 11 is 0. The lowest BCUT2D eigenvalue weighted by atomic mass is 10.1. The Morgan fingerprint density at radius 1 is 1.27 bits per heavy atom. The number of aliphatic hydroxyl groups excluding tert-OH is 1. The molecule has 2 nitrogen and oxygen atoms in total. The Kier molecular flexibility index (Phi) is 7.14. The summed E-state index contributed by atoms with van der Waals surface area (Å²) in [6.45, 7) is 12.6. The molecule has 0 unspecified atom stereocenters. The maximum absolute atomic E-state index is 9.18. The van der Waals surface area contributed by atoms with Crippen molar-refractivity contribution in [2.75, 3.05) is 6.61 Å². The standard InChI is InChI=1S/C12H26O2Si/c1-6-12(10-13)11(5)14-15(7-2,8-3)9-4/h6,11-13H,1,7-10H2,2-5H3/t11-,12-/m1/s1. The van der Waals surface area contributed by atoms with E-state index in [1.807, 2.05) is 6.92 Å². The van der Waals surface area contributed by atoms with Crippen LogP contribution < -0.4 is 0 Å². The first-order valence-corrected chi connectivity index (χ1v) is 8.53. The van der Waals surface area contributed by atoms with Crippen molar-refractivity contribution in [2.24, 2.45) is 5.92 Å². The van der Waals surface area contributed by atoms with Gasteiger partial charge in [0.1, 0.15) is 0 Å². The quantitative estimate of drug-likeness (QED) is 0.512. The molecule has 90 valence electrons. The van der Waals surface area contributed by atoms with Crippen molar-refractivity contribution in [2.45, 2.75) is 51.9 Å². The number of hydrogen-bond donors (Lipinski definition) is 1. The Hall–Kier alpha value is -0.123. The van der Waals surface area contributed by atoms with Gasteiger partial charge in [0.15, 0.2) is 8.32 Å². The smallest absolute Gasteiger partial charge is 0.192 e. The summed E-state index contributed by atoms with van der Waals surface area (Å²) in [5.41, 5.74) is 0. The molecule has 0 aliphatic rings. The molecule has 15 heavy (non-hydrogen) atoms. The monoisotopic (exact) mass is 230 g/mol. The van der Waals surface area contributed by atoms with Crippen LogP contribution in [0.3, 0.4) is 0 Å². The summed E-state index contributed by atoms with van der Waals surface area (Å²) in [6.07, 6.45) is 1.89. The molecule has 0 heterocycles. The van der Waals surface area contributed by atoms with Gasteiger partial charge in [-0.25, -0.2) is 0 Å². The van der Waals surface area contributed by atoms with Crippen molar-refractivity contribution in [1.82, 2.24) is 0 Å². The first-order valence-electron chi connectivity index (χ1n) is 6.00. The van der Waals surface area contributed by atoms with E-state index in [-0.39, 0.29) is 18.6 Å². The summed E-state index contributed by atoms with van der Waals surface area (Å²) in [5.74, 6) is 0.0709. The second-order valence-electron chi connectivity index (χ2n) is 4.15. The predicted octanol–water partition coefficient (Wildman–Crippen LogP) is 3.19. The molecule has 0 spiro atoms. The highest BCUT2D eigenvalue weighted by Gasteiger charge is 2.32. The molecule has 0 amide bonds. The Labute approximate surface area is 95.5 Å². The molecular weight excluding hydrogens is 204 g/mol. The average molecular weight is 230 g/mol. The first-order chi connectivity index (χ1) is 7.09. The van der Waals surface area contributed by atoms with Crippen LogP contribution in [0, 0.1) is 5.92 Å². The van der Waals surface area contributed by atoms with Gasteiger partial charge in [-0.05, 0) is 25.1 Å².